The molecule has 0 radical (unpaired) electrons. The van der Waals surface area contributed by atoms with Crippen LogP contribution in [0.1, 0.15) is 33.6 Å². The lowest BCUT2D eigenvalue weighted by atomic mass is 9.68. The summed E-state index contributed by atoms with van der Waals surface area (Å²) in [6, 6.07) is 0.408. The van der Waals surface area contributed by atoms with E-state index in [4.69, 9.17) is 10.5 Å². The minimum Gasteiger partial charge on any atom is -0.375 e. The molecule has 1 saturated carbocycles. The van der Waals surface area contributed by atoms with Gasteiger partial charge in [-0.2, -0.15) is 0 Å². The summed E-state index contributed by atoms with van der Waals surface area (Å²) < 4.78 is 5.49. The van der Waals surface area contributed by atoms with Crippen molar-refractivity contribution < 1.29 is 4.74 Å². The van der Waals surface area contributed by atoms with Crippen molar-refractivity contribution >= 4 is 29.9 Å². The molecule has 5 heteroatoms. The molecule has 0 aromatic carbocycles. The Morgan fingerprint density at radius 2 is 2.18 bits per heavy atom. The quantitative estimate of drug-likeness (QED) is 0.445. The van der Waals surface area contributed by atoms with E-state index in [-0.39, 0.29) is 30.1 Å². The average Bonchev–Trinajstić information content (AvgIpc) is 2.24. The van der Waals surface area contributed by atoms with E-state index in [0.717, 1.165) is 19.7 Å². The van der Waals surface area contributed by atoms with Crippen LogP contribution >= 0.6 is 24.0 Å². The summed E-state index contributed by atoms with van der Waals surface area (Å²) in [5, 5.41) is 0. The molecule has 2 atom stereocenters. The van der Waals surface area contributed by atoms with Crippen molar-refractivity contribution in [2.45, 2.75) is 45.8 Å². The molecular formula is C12H24IN3O. The number of nitrogens with two attached hydrogens (primary N) is 1. The Bertz CT molecular complexity index is 293. The van der Waals surface area contributed by atoms with Crippen molar-refractivity contribution in [3.8, 4) is 0 Å². The van der Waals surface area contributed by atoms with Crippen LogP contribution in [0.15, 0.2) is 4.99 Å². The molecule has 1 saturated heterocycles. The Hall–Kier alpha value is -0.0400. The van der Waals surface area contributed by atoms with Gasteiger partial charge in [0, 0.05) is 13.1 Å². The smallest absolute Gasteiger partial charge is 0.191 e. The van der Waals surface area contributed by atoms with Crippen LogP contribution in [0.4, 0.5) is 0 Å². The van der Waals surface area contributed by atoms with Crippen LogP contribution in [0.25, 0.3) is 0 Å². The molecule has 0 bridgehead atoms. The highest BCUT2D eigenvalue weighted by Crippen LogP contribution is 2.42. The van der Waals surface area contributed by atoms with Crippen molar-refractivity contribution in [2.75, 3.05) is 19.7 Å². The zero-order valence-corrected chi connectivity index (χ0v) is 13.3. The van der Waals surface area contributed by atoms with Crippen molar-refractivity contribution in [3.05, 3.63) is 0 Å². The monoisotopic (exact) mass is 353 g/mol. The van der Waals surface area contributed by atoms with E-state index in [0.29, 0.717) is 17.4 Å². The highest BCUT2D eigenvalue weighted by molar-refractivity contribution is 14.0. The fourth-order valence-corrected chi connectivity index (χ4v) is 2.36. The van der Waals surface area contributed by atoms with E-state index in [1.54, 1.807) is 0 Å². The van der Waals surface area contributed by atoms with Crippen molar-refractivity contribution in [2.24, 2.45) is 16.1 Å². The normalized spacial score (nSPS) is 32.6. The summed E-state index contributed by atoms with van der Waals surface area (Å²) in [5.74, 6) is 0.702. The van der Waals surface area contributed by atoms with Gasteiger partial charge in [-0.15, -0.1) is 24.0 Å². The summed E-state index contributed by atoms with van der Waals surface area (Å²) >= 11 is 0. The van der Waals surface area contributed by atoms with E-state index >= 15 is 0 Å². The van der Waals surface area contributed by atoms with E-state index < -0.39 is 0 Å². The lowest BCUT2D eigenvalue weighted by Gasteiger charge is -2.42. The summed E-state index contributed by atoms with van der Waals surface area (Å²) in [5.41, 5.74) is 6.40. The van der Waals surface area contributed by atoms with Gasteiger partial charge in [-0.05, 0) is 25.2 Å². The van der Waals surface area contributed by atoms with Crippen LogP contribution in [0.2, 0.25) is 0 Å². The first kappa shape index (κ1) is 15.0. The van der Waals surface area contributed by atoms with Gasteiger partial charge in [0.25, 0.3) is 0 Å². The van der Waals surface area contributed by atoms with Gasteiger partial charge in [0.05, 0.1) is 18.8 Å². The molecule has 2 rings (SSSR count). The first-order valence-corrected chi connectivity index (χ1v) is 6.19. The van der Waals surface area contributed by atoms with E-state index in [1.165, 1.54) is 12.8 Å². The molecule has 0 aromatic heterocycles. The number of rotatable bonds is 1. The van der Waals surface area contributed by atoms with Gasteiger partial charge < -0.3 is 15.4 Å². The molecule has 0 aromatic rings. The van der Waals surface area contributed by atoms with Gasteiger partial charge in [-0.3, -0.25) is 0 Å². The standard InChI is InChI=1S/C12H23N3O.HI/c1-9-8-15(6-7-16-9)11(13)14-10-4-5-12(10,2)3;/h9-10H,4-8H2,1-3H3,(H2,13,14);1H. The zero-order valence-electron chi connectivity index (χ0n) is 11.0. The number of morpholine rings is 1. The molecule has 1 aliphatic heterocycles. The molecule has 2 aliphatic rings. The van der Waals surface area contributed by atoms with Crippen LogP contribution in [0.5, 0.6) is 0 Å². The van der Waals surface area contributed by atoms with Crippen LogP contribution in [-0.2, 0) is 4.74 Å². The highest BCUT2D eigenvalue weighted by atomic mass is 127. The largest absolute Gasteiger partial charge is 0.375 e. The molecule has 1 heterocycles. The van der Waals surface area contributed by atoms with E-state index in [2.05, 4.69) is 30.7 Å². The minimum absolute atomic E-state index is 0. The fourth-order valence-electron chi connectivity index (χ4n) is 2.36. The molecule has 0 spiro atoms. The van der Waals surface area contributed by atoms with Crippen LogP contribution in [0.3, 0.4) is 0 Å². The molecule has 2 fully saturated rings. The summed E-state index contributed by atoms with van der Waals surface area (Å²) in [7, 11) is 0. The minimum atomic E-state index is 0. The average molecular weight is 353 g/mol. The molecule has 2 unspecified atom stereocenters. The van der Waals surface area contributed by atoms with Crippen molar-refractivity contribution in [3.63, 3.8) is 0 Å². The van der Waals surface area contributed by atoms with E-state index in [1.807, 2.05) is 0 Å². The lowest BCUT2D eigenvalue weighted by Crippen LogP contribution is -2.49. The van der Waals surface area contributed by atoms with E-state index in [9.17, 15) is 0 Å². The molecule has 0 amide bonds. The van der Waals surface area contributed by atoms with Gasteiger partial charge >= 0.3 is 0 Å². The second-order valence-corrected chi connectivity index (χ2v) is 5.66. The topological polar surface area (TPSA) is 50.8 Å². The maximum Gasteiger partial charge on any atom is 0.191 e. The maximum absolute atomic E-state index is 6.06. The maximum atomic E-state index is 6.06. The van der Waals surface area contributed by atoms with Gasteiger partial charge in [0.1, 0.15) is 0 Å². The fraction of sp³-hybridized carbons (Fsp3) is 0.917. The molecule has 17 heavy (non-hydrogen) atoms. The third kappa shape index (κ3) is 3.47. The molecule has 2 N–H and O–H groups in total. The Morgan fingerprint density at radius 1 is 1.47 bits per heavy atom. The van der Waals surface area contributed by atoms with Crippen LogP contribution in [-0.4, -0.2) is 42.7 Å². The first-order valence-electron chi connectivity index (χ1n) is 6.19. The summed E-state index contributed by atoms with van der Waals surface area (Å²) in [6.45, 7) is 9.09. The van der Waals surface area contributed by atoms with Gasteiger partial charge in [0.2, 0.25) is 0 Å². The van der Waals surface area contributed by atoms with Crippen LogP contribution < -0.4 is 5.73 Å². The summed E-state index contributed by atoms with van der Waals surface area (Å²) in [4.78, 5) is 6.80. The van der Waals surface area contributed by atoms with Gasteiger partial charge in [-0.1, -0.05) is 13.8 Å². The number of nitrogens with zero attached hydrogens (tertiary/aromatic N) is 2. The Kier molecular flexibility index (Phi) is 5.07. The Labute approximate surface area is 121 Å². The lowest BCUT2D eigenvalue weighted by molar-refractivity contribution is 0.00482. The second-order valence-electron chi connectivity index (χ2n) is 5.66. The number of hydrogen-bond donors (Lipinski definition) is 1. The number of halogens is 1. The Balaban J connectivity index is 0.00000144. The highest BCUT2D eigenvalue weighted by Gasteiger charge is 2.38. The van der Waals surface area contributed by atoms with Crippen LogP contribution in [0, 0.1) is 5.41 Å². The number of aliphatic imine (C=N–C) groups is 1. The number of guanidine groups is 1. The second kappa shape index (κ2) is 5.73. The predicted octanol–water partition coefficient (Wildman–Crippen LogP) is 1.83. The zero-order chi connectivity index (χ0) is 11.8. The van der Waals surface area contributed by atoms with Crippen molar-refractivity contribution in [1.29, 1.82) is 0 Å². The third-order valence-corrected chi connectivity index (χ3v) is 3.82. The molecular weight excluding hydrogens is 329 g/mol. The van der Waals surface area contributed by atoms with Crippen molar-refractivity contribution in [1.82, 2.24) is 4.90 Å². The first-order chi connectivity index (χ1) is 7.49. The molecule has 4 nitrogen and oxygen atoms in total. The predicted molar refractivity (Wildman–Crippen MR) is 80.8 cm³/mol. The summed E-state index contributed by atoms with van der Waals surface area (Å²) in [6.07, 6.45) is 2.69. The van der Waals surface area contributed by atoms with Gasteiger partial charge in [-0.25, -0.2) is 4.99 Å². The molecule has 1 aliphatic carbocycles. The Morgan fingerprint density at radius 3 is 2.65 bits per heavy atom. The number of hydrogen-bond acceptors (Lipinski definition) is 2. The van der Waals surface area contributed by atoms with Gasteiger partial charge in [0.15, 0.2) is 5.96 Å². The SMILES string of the molecule is CC1CN(C(N)=NC2CCC2(C)C)CCO1.I. The third-order valence-electron chi connectivity index (χ3n) is 3.82. The molecule has 100 valence electrons. The number of ether oxygens (including phenoxy) is 1.